The second-order valence-corrected chi connectivity index (χ2v) is 2.58. The van der Waals surface area contributed by atoms with E-state index in [1.807, 2.05) is 12.1 Å². The molecule has 1 aromatic rings. The Morgan fingerprint density at radius 3 is 3.00 bits per heavy atom. The van der Waals surface area contributed by atoms with Crippen LogP contribution >= 0.6 is 0 Å². The van der Waals surface area contributed by atoms with Crippen LogP contribution in [-0.4, -0.2) is 20.3 Å². The van der Waals surface area contributed by atoms with Gasteiger partial charge in [-0.1, -0.05) is 6.92 Å². The summed E-state index contributed by atoms with van der Waals surface area (Å²) in [5.74, 6) is 0.929. The summed E-state index contributed by atoms with van der Waals surface area (Å²) in [6, 6.07) is 4.01. The minimum absolute atomic E-state index is 0.176. The van der Waals surface area contributed by atoms with Crippen LogP contribution in [0.1, 0.15) is 18.7 Å². The molecule has 68 valence electrons. The zero-order chi connectivity index (χ0) is 8.81. The molecular weight excluding hydrogens is 154 g/mol. The van der Waals surface area contributed by atoms with E-state index in [9.17, 15) is 0 Å². The van der Waals surface area contributed by atoms with Gasteiger partial charge in [0.25, 0.3) is 0 Å². The van der Waals surface area contributed by atoms with Crippen molar-refractivity contribution in [1.82, 2.24) is 5.32 Å². The lowest BCUT2D eigenvalue weighted by Gasteiger charge is -2.13. The average Bonchev–Trinajstić information content (AvgIpc) is 2.56. The molecule has 3 heteroatoms. The van der Waals surface area contributed by atoms with Gasteiger partial charge in [-0.3, -0.25) is 0 Å². The maximum absolute atomic E-state index is 5.26. The van der Waals surface area contributed by atoms with Crippen molar-refractivity contribution in [3.63, 3.8) is 0 Å². The molecule has 0 aliphatic carbocycles. The predicted molar refractivity (Wildman–Crippen MR) is 47.0 cm³/mol. The van der Waals surface area contributed by atoms with E-state index in [2.05, 4.69) is 12.2 Å². The van der Waals surface area contributed by atoms with Gasteiger partial charge in [-0.25, -0.2) is 0 Å². The minimum Gasteiger partial charge on any atom is -0.468 e. The Hall–Kier alpha value is -0.800. The molecule has 1 aromatic heterocycles. The van der Waals surface area contributed by atoms with E-state index < -0.39 is 0 Å². The molecule has 1 atom stereocenters. The summed E-state index contributed by atoms with van der Waals surface area (Å²) in [5, 5.41) is 3.27. The first kappa shape index (κ1) is 9.29. The van der Waals surface area contributed by atoms with Crippen LogP contribution in [0.3, 0.4) is 0 Å². The summed E-state index contributed by atoms with van der Waals surface area (Å²) in [6.07, 6.45) is 1.68. The number of ether oxygens (including phenoxy) is 1. The first-order chi connectivity index (χ1) is 5.88. The lowest BCUT2D eigenvalue weighted by molar-refractivity contribution is 0.158. The summed E-state index contributed by atoms with van der Waals surface area (Å²) in [6.45, 7) is 3.61. The zero-order valence-electron chi connectivity index (χ0n) is 7.54. The van der Waals surface area contributed by atoms with Crippen molar-refractivity contribution < 1.29 is 9.15 Å². The van der Waals surface area contributed by atoms with Crippen molar-refractivity contribution in [2.24, 2.45) is 0 Å². The summed E-state index contributed by atoms with van der Waals surface area (Å²) >= 11 is 0. The maximum Gasteiger partial charge on any atom is 0.123 e. The quantitative estimate of drug-likeness (QED) is 0.726. The minimum atomic E-state index is 0.176. The first-order valence-corrected chi connectivity index (χ1v) is 4.14. The Kier molecular flexibility index (Phi) is 3.84. The van der Waals surface area contributed by atoms with Gasteiger partial charge in [-0.15, -0.1) is 0 Å². The van der Waals surface area contributed by atoms with Crippen molar-refractivity contribution in [2.75, 3.05) is 20.3 Å². The number of nitrogens with one attached hydrogen (secondary N) is 1. The van der Waals surface area contributed by atoms with Crippen molar-refractivity contribution in [3.8, 4) is 0 Å². The second-order valence-electron chi connectivity index (χ2n) is 2.58. The summed E-state index contributed by atoms with van der Waals surface area (Å²) in [5.41, 5.74) is 0. The SMILES string of the molecule is CCNC(COC)c1ccco1. The summed E-state index contributed by atoms with van der Waals surface area (Å²) in [7, 11) is 1.69. The average molecular weight is 169 g/mol. The van der Waals surface area contributed by atoms with E-state index in [-0.39, 0.29) is 6.04 Å². The van der Waals surface area contributed by atoms with Gasteiger partial charge in [0.15, 0.2) is 0 Å². The number of hydrogen-bond acceptors (Lipinski definition) is 3. The molecule has 0 saturated heterocycles. The molecule has 1 rings (SSSR count). The number of furan rings is 1. The third kappa shape index (κ3) is 2.36. The van der Waals surface area contributed by atoms with E-state index in [0.29, 0.717) is 6.61 Å². The molecule has 0 aliphatic heterocycles. The Labute approximate surface area is 72.7 Å². The molecule has 1 heterocycles. The molecule has 0 saturated carbocycles. The topological polar surface area (TPSA) is 34.4 Å². The largest absolute Gasteiger partial charge is 0.468 e. The molecule has 3 nitrogen and oxygen atoms in total. The second kappa shape index (κ2) is 4.95. The number of rotatable bonds is 5. The van der Waals surface area contributed by atoms with Crippen molar-refractivity contribution in [3.05, 3.63) is 24.2 Å². The lowest BCUT2D eigenvalue weighted by Crippen LogP contribution is -2.24. The zero-order valence-corrected chi connectivity index (χ0v) is 7.54. The molecule has 1 N–H and O–H groups in total. The van der Waals surface area contributed by atoms with Crippen LogP contribution in [0, 0.1) is 0 Å². The van der Waals surface area contributed by atoms with Gasteiger partial charge >= 0.3 is 0 Å². The Bertz CT molecular complexity index is 190. The van der Waals surface area contributed by atoms with Gasteiger partial charge in [-0.05, 0) is 18.7 Å². The molecule has 0 aromatic carbocycles. The highest BCUT2D eigenvalue weighted by molar-refractivity contribution is 5.04. The molecule has 1 unspecified atom stereocenters. The van der Waals surface area contributed by atoms with Crippen molar-refractivity contribution >= 4 is 0 Å². The fourth-order valence-corrected chi connectivity index (χ4v) is 1.14. The molecule has 0 aliphatic rings. The first-order valence-electron chi connectivity index (χ1n) is 4.14. The van der Waals surface area contributed by atoms with Crippen LogP contribution in [0.15, 0.2) is 22.8 Å². The van der Waals surface area contributed by atoms with Gasteiger partial charge in [-0.2, -0.15) is 0 Å². The van der Waals surface area contributed by atoms with Gasteiger partial charge in [0, 0.05) is 7.11 Å². The summed E-state index contributed by atoms with van der Waals surface area (Å²) < 4.78 is 10.3. The lowest BCUT2D eigenvalue weighted by atomic mass is 10.2. The fourth-order valence-electron chi connectivity index (χ4n) is 1.14. The molecule has 12 heavy (non-hydrogen) atoms. The van der Waals surface area contributed by atoms with Crippen LogP contribution in [0.5, 0.6) is 0 Å². The smallest absolute Gasteiger partial charge is 0.123 e. The van der Waals surface area contributed by atoms with E-state index >= 15 is 0 Å². The maximum atomic E-state index is 5.26. The third-order valence-corrected chi connectivity index (χ3v) is 1.67. The number of methoxy groups -OCH3 is 1. The molecule has 0 spiro atoms. The van der Waals surface area contributed by atoms with E-state index in [1.165, 1.54) is 0 Å². The monoisotopic (exact) mass is 169 g/mol. The number of hydrogen-bond donors (Lipinski definition) is 1. The van der Waals surface area contributed by atoms with Gasteiger partial charge < -0.3 is 14.5 Å². The highest BCUT2D eigenvalue weighted by Crippen LogP contribution is 2.12. The van der Waals surface area contributed by atoms with Crippen LogP contribution in [-0.2, 0) is 4.74 Å². The van der Waals surface area contributed by atoms with Crippen molar-refractivity contribution in [2.45, 2.75) is 13.0 Å². The normalized spacial score (nSPS) is 13.2. The molecule has 0 fully saturated rings. The van der Waals surface area contributed by atoms with Crippen LogP contribution < -0.4 is 5.32 Å². The van der Waals surface area contributed by atoms with Gasteiger partial charge in [0.05, 0.1) is 18.9 Å². The molecule has 0 amide bonds. The molecule has 0 bridgehead atoms. The van der Waals surface area contributed by atoms with Crippen LogP contribution in [0.4, 0.5) is 0 Å². The summed E-state index contributed by atoms with van der Waals surface area (Å²) in [4.78, 5) is 0. The van der Waals surface area contributed by atoms with E-state index in [1.54, 1.807) is 13.4 Å². The molecular formula is C9H15NO2. The van der Waals surface area contributed by atoms with Gasteiger partial charge in [0.2, 0.25) is 0 Å². The van der Waals surface area contributed by atoms with Crippen LogP contribution in [0.25, 0.3) is 0 Å². The van der Waals surface area contributed by atoms with E-state index in [4.69, 9.17) is 9.15 Å². The Morgan fingerprint density at radius 2 is 2.50 bits per heavy atom. The highest BCUT2D eigenvalue weighted by Gasteiger charge is 2.11. The Morgan fingerprint density at radius 1 is 1.67 bits per heavy atom. The van der Waals surface area contributed by atoms with Crippen molar-refractivity contribution in [1.29, 1.82) is 0 Å². The standard InChI is InChI=1S/C9H15NO2/c1-3-10-8(7-11-2)9-5-4-6-12-9/h4-6,8,10H,3,7H2,1-2H3. The predicted octanol–water partition coefficient (Wildman–Crippen LogP) is 1.58. The third-order valence-electron chi connectivity index (χ3n) is 1.67. The Balaban J connectivity index is 2.53. The number of likely N-dealkylation sites (N-methyl/N-ethyl adjacent to an activating group) is 1. The fraction of sp³-hybridized carbons (Fsp3) is 0.556. The van der Waals surface area contributed by atoms with E-state index in [0.717, 1.165) is 12.3 Å². The molecule has 0 radical (unpaired) electrons. The van der Waals surface area contributed by atoms with Gasteiger partial charge in [0.1, 0.15) is 5.76 Å². The highest BCUT2D eigenvalue weighted by atomic mass is 16.5. The van der Waals surface area contributed by atoms with Crippen LogP contribution in [0.2, 0.25) is 0 Å².